The zero-order valence-electron chi connectivity index (χ0n) is 11.3. The molecule has 1 atom stereocenters. The van der Waals surface area contributed by atoms with Gasteiger partial charge in [-0.2, -0.15) is 0 Å². The van der Waals surface area contributed by atoms with Crippen LogP contribution in [0, 0.1) is 0 Å². The average Bonchev–Trinajstić information content (AvgIpc) is 2.39. The second-order valence-corrected chi connectivity index (χ2v) is 4.80. The first-order valence-corrected chi connectivity index (χ1v) is 6.62. The summed E-state index contributed by atoms with van der Waals surface area (Å²) in [4.78, 5) is 11.8. The van der Waals surface area contributed by atoms with Crippen LogP contribution >= 0.6 is 11.6 Å². The van der Waals surface area contributed by atoms with E-state index in [4.69, 9.17) is 21.1 Å². The van der Waals surface area contributed by atoms with Gasteiger partial charge in [0, 0.05) is 19.2 Å². The van der Waals surface area contributed by atoms with Crippen LogP contribution in [-0.4, -0.2) is 38.7 Å². The molecule has 0 aliphatic carbocycles. The number of hydrogen-bond donors (Lipinski definition) is 1. The van der Waals surface area contributed by atoms with Crippen LogP contribution in [0.5, 0.6) is 5.75 Å². The molecular formula is C14H20ClNO3. The van der Waals surface area contributed by atoms with Gasteiger partial charge in [-0.05, 0) is 12.5 Å². The Morgan fingerprint density at radius 1 is 1.37 bits per heavy atom. The average molecular weight is 286 g/mol. The van der Waals surface area contributed by atoms with Crippen LogP contribution in [0.1, 0.15) is 12.0 Å². The van der Waals surface area contributed by atoms with Gasteiger partial charge in [-0.3, -0.25) is 4.79 Å². The molecule has 0 radical (unpaired) electrons. The van der Waals surface area contributed by atoms with E-state index in [0.29, 0.717) is 26.0 Å². The van der Waals surface area contributed by atoms with Gasteiger partial charge in [-0.15, -0.1) is 11.6 Å². The fourth-order valence-electron chi connectivity index (χ4n) is 1.72. The van der Waals surface area contributed by atoms with Crippen LogP contribution in [0.4, 0.5) is 0 Å². The Bertz CT molecular complexity index is 398. The quantitative estimate of drug-likeness (QED) is 0.743. The van der Waals surface area contributed by atoms with Gasteiger partial charge in [0.15, 0.2) is 0 Å². The maximum atomic E-state index is 11.8. The highest BCUT2D eigenvalue weighted by atomic mass is 35.5. The lowest BCUT2D eigenvalue weighted by Crippen LogP contribution is -2.28. The zero-order valence-corrected chi connectivity index (χ0v) is 12.1. The molecule has 19 heavy (non-hydrogen) atoms. The van der Waals surface area contributed by atoms with E-state index in [1.807, 2.05) is 24.3 Å². The Hall–Kier alpha value is -1.26. The van der Waals surface area contributed by atoms with Crippen molar-refractivity contribution in [3.8, 4) is 5.75 Å². The van der Waals surface area contributed by atoms with Gasteiger partial charge >= 0.3 is 0 Å². The third-order valence-electron chi connectivity index (χ3n) is 2.67. The van der Waals surface area contributed by atoms with Crippen molar-refractivity contribution in [2.24, 2.45) is 0 Å². The van der Waals surface area contributed by atoms with Crippen LogP contribution in [0.2, 0.25) is 0 Å². The number of halogens is 1. The van der Waals surface area contributed by atoms with Gasteiger partial charge < -0.3 is 14.8 Å². The molecule has 1 unspecified atom stereocenters. The highest BCUT2D eigenvalue weighted by molar-refractivity contribution is 6.20. The van der Waals surface area contributed by atoms with E-state index in [1.165, 1.54) is 0 Å². The van der Waals surface area contributed by atoms with Crippen LogP contribution in [-0.2, 0) is 16.0 Å². The number of hydrogen-bond acceptors (Lipinski definition) is 3. The lowest BCUT2D eigenvalue weighted by atomic mass is 10.1. The summed E-state index contributed by atoms with van der Waals surface area (Å²) in [7, 11) is 3.20. The summed E-state index contributed by atoms with van der Waals surface area (Å²) >= 11 is 5.98. The molecule has 0 spiro atoms. The maximum absolute atomic E-state index is 11.8. The van der Waals surface area contributed by atoms with Crippen molar-refractivity contribution >= 4 is 17.5 Å². The molecule has 0 fully saturated rings. The molecule has 5 heteroatoms. The number of amides is 1. The first-order chi connectivity index (χ1) is 9.17. The second kappa shape index (κ2) is 8.77. The molecule has 0 aliphatic heterocycles. The number of methoxy groups -OCH3 is 2. The van der Waals surface area contributed by atoms with Crippen LogP contribution in [0.15, 0.2) is 24.3 Å². The van der Waals surface area contributed by atoms with E-state index in [9.17, 15) is 4.79 Å². The van der Waals surface area contributed by atoms with E-state index >= 15 is 0 Å². The van der Waals surface area contributed by atoms with Gasteiger partial charge in [-0.1, -0.05) is 18.2 Å². The van der Waals surface area contributed by atoms with Crippen molar-refractivity contribution in [3.63, 3.8) is 0 Å². The Balaban J connectivity index is 2.35. The molecule has 0 saturated carbocycles. The number of benzene rings is 1. The normalized spacial score (nSPS) is 11.9. The van der Waals surface area contributed by atoms with Crippen molar-refractivity contribution in [2.75, 3.05) is 27.4 Å². The summed E-state index contributed by atoms with van der Waals surface area (Å²) in [6, 6.07) is 7.49. The molecule has 1 aromatic carbocycles. The largest absolute Gasteiger partial charge is 0.496 e. The minimum Gasteiger partial charge on any atom is -0.496 e. The molecule has 106 valence electrons. The van der Waals surface area contributed by atoms with Gasteiger partial charge in [0.25, 0.3) is 0 Å². The number of rotatable bonds is 8. The van der Waals surface area contributed by atoms with Crippen LogP contribution in [0.25, 0.3) is 0 Å². The Morgan fingerprint density at radius 3 is 2.79 bits per heavy atom. The summed E-state index contributed by atoms with van der Waals surface area (Å²) in [6.07, 6.45) is 0.994. The predicted molar refractivity (Wildman–Crippen MR) is 75.8 cm³/mol. The van der Waals surface area contributed by atoms with E-state index in [0.717, 1.165) is 11.3 Å². The van der Waals surface area contributed by atoms with E-state index in [2.05, 4.69) is 5.32 Å². The number of nitrogens with one attached hydrogen (secondary N) is 1. The second-order valence-electron chi connectivity index (χ2n) is 4.18. The van der Waals surface area contributed by atoms with E-state index in [1.54, 1.807) is 14.2 Å². The molecule has 0 heterocycles. The first-order valence-electron chi connectivity index (χ1n) is 6.19. The fraction of sp³-hybridized carbons (Fsp3) is 0.500. The SMILES string of the molecule is COCC(Cl)CCNC(=O)Cc1ccccc1OC. The summed E-state index contributed by atoms with van der Waals surface area (Å²) in [5.74, 6) is 0.693. The van der Waals surface area contributed by atoms with Crippen molar-refractivity contribution in [3.05, 3.63) is 29.8 Å². The van der Waals surface area contributed by atoms with E-state index < -0.39 is 0 Å². The number of carbonyl (C=O) groups excluding carboxylic acids is 1. The van der Waals surface area contributed by atoms with Crippen molar-refractivity contribution < 1.29 is 14.3 Å². The molecule has 0 aliphatic rings. The fourth-order valence-corrected chi connectivity index (χ4v) is 1.95. The van der Waals surface area contributed by atoms with Crippen LogP contribution in [0.3, 0.4) is 0 Å². The number of ether oxygens (including phenoxy) is 2. The monoisotopic (exact) mass is 285 g/mol. The van der Waals surface area contributed by atoms with Gasteiger partial charge in [-0.25, -0.2) is 0 Å². The molecule has 1 amide bonds. The highest BCUT2D eigenvalue weighted by Gasteiger charge is 2.09. The summed E-state index contributed by atoms with van der Waals surface area (Å²) in [5.41, 5.74) is 0.877. The maximum Gasteiger partial charge on any atom is 0.224 e. The number of alkyl halides is 1. The topological polar surface area (TPSA) is 47.6 Å². The molecule has 0 aromatic heterocycles. The zero-order chi connectivity index (χ0) is 14.1. The Labute approximate surface area is 119 Å². The molecule has 1 N–H and O–H groups in total. The van der Waals surface area contributed by atoms with Gasteiger partial charge in [0.1, 0.15) is 5.75 Å². The lowest BCUT2D eigenvalue weighted by Gasteiger charge is -2.10. The standard InChI is InChI=1S/C14H20ClNO3/c1-18-10-12(15)7-8-16-14(17)9-11-5-3-4-6-13(11)19-2/h3-6,12H,7-10H2,1-2H3,(H,16,17). The minimum absolute atomic E-state index is 0.0363. The molecule has 4 nitrogen and oxygen atoms in total. The summed E-state index contributed by atoms with van der Waals surface area (Å²) in [6.45, 7) is 1.04. The first kappa shape index (κ1) is 15.8. The molecular weight excluding hydrogens is 266 g/mol. The summed E-state index contributed by atoms with van der Waals surface area (Å²) in [5, 5.41) is 2.76. The molecule has 0 saturated heterocycles. The van der Waals surface area contributed by atoms with Gasteiger partial charge in [0.05, 0.1) is 25.5 Å². The van der Waals surface area contributed by atoms with Gasteiger partial charge in [0.2, 0.25) is 5.91 Å². The van der Waals surface area contributed by atoms with Crippen molar-refractivity contribution in [2.45, 2.75) is 18.2 Å². The Kier molecular flexibility index (Phi) is 7.30. The molecule has 0 bridgehead atoms. The van der Waals surface area contributed by atoms with E-state index in [-0.39, 0.29) is 11.3 Å². The lowest BCUT2D eigenvalue weighted by molar-refractivity contribution is -0.120. The third-order valence-corrected chi connectivity index (χ3v) is 3.01. The molecule has 1 aromatic rings. The summed E-state index contributed by atoms with van der Waals surface area (Å²) < 4.78 is 10.1. The number of carbonyl (C=O) groups is 1. The van der Waals surface area contributed by atoms with Crippen LogP contribution < -0.4 is 10.1 Å². The third kappa shape index (κ3) is 5.94. The minimum atomic E-state index is -0.0726. The highest BCUT2D eigenvalue weighted by Crippen LogP contribution is 2.17. The molecule has 1 rings (SSSR count). The van der Waals surface area contributed by atoms with Crippen molar-refractivity contribution in [1.82, 2.24) is 5.32 Å². The van der Waals surface area contributed by atoms with Crippen molar-refractivity contribution in [1.29, 1.82) is 0 Å². The smallest absolute Gasteiger partial charge is 0.224 e. The number of para-hydroxylation sites is 1. The predicted octanol–water partition coefficient (Wildman–Crippen LogP) is 2.00. The Morgan fingerprint density at radius 2 is 2.11 bits per heavy atom.